The zero-order valence-corrected chi connectivity index (χ0v) is 15.7. The monoisotopic (exact) mass is 348 g/mol. The molecule has 1 aromatic heterocycles. The second kappa shape index (κ2) is 13.5. The lowest BCUT2D eigenvalue weighted by Crippen LogP contribution is -1.98. The molecule has 0 saturated carbocycles. The average molecular weight is 348 g/mol. The number of hydrogen-bond donors (Lipinski definition) is 0. The normalized spacial score (nSPS) is 11.1. The molecule has 0 spiro atoms. The number of unbranched alkanes of at least 4 members (excludes halogenated alkanes) is 8. The smallest absolute Gasteiger partial charge is 0.330 e. The van der Waals surface area contributed by atoms with Crippen LogP contribution in [0.25, 0.3) is 6.08 Å². The van der Waals surface area contributed by atoms with Crippen LogP contribution >= 0.6 is 0 Å². The maximum Gasteiger partial charge on any atom is 0.330 e. The molecule has 0 atom stereocenters. The van der Waals surface area contributed by atoms with Gasteiger partial charge in [0.2, 0.25) is 0 Å². The van der Waals surface area contributed by atoms with E-state index in [1.807, 2.05) is 0 Å². The summed E-state index contributed by atoms with van der Waals surface area (Å²) in [5.41, 5.74) is 0. The molecule has 1 rings (SSSR count). The fourth-order valence-electron chi connectivity index (χ4n) is 2.65. The molecule has 4 heteroatoms. The van der Waals surface area contributed by atoms with Crippen LogP contribution in [0.15, 0.2) is 22.6 Å². The van der Waals surface area contributed by atoms with Gasteiger partial charge in [0.05, 0.1) is 6.61 Å². The first-order chi connectivity index (χ1) is 12.2. The molecule has 1 aromatic rings. The summed E-state index contributed by atoms with van der Waals surface area (Å²) in [5.74, 6) is 0.465. The van der Waals surface area contributed by atoms with Crippen molar-refractivity contribution in [2.75, 3.05) is 6.61 Å². The van der Waals surface area contributed by atoms with Gasteiger partial charge in [-0.3, -0.25) is 4.79 Å². The van der Waals surface area contributed by atoms with E-state index in [0.717, 1.165) is 12.8 Å². The van der Waals surface area contributed by atoms with E-state index < -0.39 is 5.97 Å². The lowest BCUT2D eigenvalue weighted by atomic mass is 10.1. The van der Waals surface area contributed by atoms with Crippen LogP contribution in [0.3, 0.4) is 0 Å². The minimum atomic E-state index is -0.415. The molecular formula is C21H32O4. The van der Waals surface area contributed by atoms with Crippen molar-refractivity contribution < 1.29 is 18.7 Å². The SMILES string of the molecule is CCCCCCCCCCCC(=O)c1ccc(/C=C/C(=O)OCC)o1. The topological polar surface area (TPSA) is 56.5 Å². The predicted molar refractivity (Wildman–Crippen MR) is 101 cm³/mol. The van der Waals surface area contributed by atoms with Crippen molar-refractivity contribution in [1.82, 2.24) is 0 Å². The molecule has 0 amide bonds. The van der Waals surface area contributed by atoms with E-state index in [1.165, 1.54) is 57.1 Å². The van der Waals surface area contributed by atoms with Crippen molar-refractivity contribution in [1.29, 1.82) is 0 Å². The molecule has 4 nitrogen and oxygen atoms in total. The van der Waals surface area contributed by atoms with Crippen LogP contribution in [0.1, 0.15) is 94.4 Å². The molecule has 0 bridgehead atoms. The van der Waals surface area contributed by atoms with E-state index in [1.54, 1.807) is 19.1 Å². The van der Waals surface area contributed by atoms with Gasteiger partial charge < -0.3 is 9.15 Å². The van der Waals surface area contributed by atoms with E-state index in [-0.39, 0.29) is 5.78 Å². The van der Waals surface area contributed by atoms with Crippen LogP contribution in [0, 0.1) is 0 Å². The molecule has 0 N–H and O–H groups in total. The third-order valence-electron chi connectivity index (χ3n) is 4.08. The van der Waals surface area contributed by atoms with Gasteiger partial charge in [-0.1, -0.05) is 58.3 Å². The van der Waals surface area contributed by atoms with Gasteiger partial charge in [0.15, 0.2) is 11.5 Å². The Labute approximate surface area is 151 Å². The number of Topliss-reactive ketones (excluding diaryl/α,β-unsaturated/α-hetero) is 1. The summed E-state index contributed by atoms with van der Waals surface area (Å²) < 4.78 is 10.3. The fraction of sp³-hybridized carbons (Fsp3) is 0.619. The minimum Gasteiger partial charge on any atom is -0.463 e. The Bertz CT molecular complexity index is 528. The molecule has 0 aliphatic rings. The zero-order chi connectivity index (χ0) is 18.3. The highest BCUT2D eigenvalue weighted by Crippen LogP contribution is 2.15. The highest BCUT2D eigenvalue weighted by atomic mass is 16.5. The summed E-state index contributed by atoms with van der Waals surface area (Å²) in [6, 6.07) is 3.36. The summed E-state index contributed by atoms with van der Waals surface area (Å²) in [6.07, 6.45) is 14.4. The predicted octanol–water partition coefficient (Wildman–Crippen LogP) is 5.96. The number of esters is 1. The third-order valence-corrected chi connectivity index (χ3v) is 4.08. The van der Waals surface area contributed by atoms with Crippen molar-refractivity contribution in [2.24, 2.45) is 0 Å². The van der Waals surface area contributed by atoms with Crippen LogP contribution in [-0.4, -0.2) is 18.4 Å². The molecule has 0 fully saturated rings. The number of carbonyl (C=O) groups excluding carboxylic acids is 2. The highest BCUT2D eigenvalue weighted by molar-refractivity contribution is 5.93. The fourth-order valence-corrected chi connectivity index (χ4v) is 2.65. The molecular weight excluding hydrogens is 316 g/mol. The van der Waals surface area contributed by atoms with Gasteiger partial charge in [-0.05, 0) is 31.6 Å². The van der Waals surface area contributed by atoms with Crippen molar-refractivity contribution in [3.63, 3.8) is 0 Å². The largest absolute Gasteiger partial charge is 0.463 e. The first-order valence-electron chi connectivity index (χ1n) is 9.65. The summed E-state index contributed by atoms with van der Waals surface area (Å²) in [5, 5.41) is 0. The van der Waals surface area contributed by atoms with Crippen molar-refractivity contribution in [3.05, 3.63) is 29.7 Å². The molecule has 0 saturated heterocycles. The Kier molecular flexibility index (Phi) is 11.4. The van der Waals surface area contributed by atoms with Gasteiger partial charge in [-0.25, -0.2) is 4.79 Å². The minimum absolute atomic E-state index is 0.0266. The maximum atomic E-state index is 12.1. The Balaban J connectivity index is 2.18. The molecule has 0 radical (unpaired) electrons. The standard InChI is InChI=1S/C21H32O4/c1-3-5-6-7-8-9-10-11-12-13-19(22)20-16-14-18(25-20)15-17-21(23)24-4-2/h14-17H,3-13H2,1-2H3/b17-15+. The Morgan fingerprint density at radius 2 is 1.60 bits per heavy atom. The van der Waals surface area contributed by atoms with Crippen LogP contribution in [0.2, 0.25) is 0 Å². The Morgan fingerprint density at radius 1 is 0.960 bits per heavy atom. The van der Waals surface area contributed by atoms with Gasteiger partial charge in [0.25, 0.3) is 0 Å². The van der Waals surface area contributed by atoms with Crippen LogP contribution in [-0.2, 0) is 9.53 Å². The van der Waals surface area contributed by atoms with Crippen LogP contribution in [0.5, 0.6) is 0 Å². The highest BCUT2D eigenvalue weighted by Gasteiger charge is 2.10. The lowest BCUT2D eigenvalue weighted by Gasteiger charge is -2.01. The number of ketones is 1. The first kappa shape index (κ1) is 21.2. The number of rotatable bonds is 14. The van der Waals surface area contributed by atoms with Crippen molar-refractivity contribution >= 4 is 17.8 Å². The quantitative estimate of drug-likeness (QED) is 0.180. The Morgan fingerprint density at radius 3 is 2.24 bits per heavy atom. The van der Waals surface area contributed by atoms with Crippen LogP contribution in [0.4, 0.5) is 0 Å². The van der Waals surface area contributed by atoms with Gasteiger partial charge in [-0.2, -0.15) is 0 Å². The van der Waals surface area contributed by atoms with Gasteiger partial charge in [0, 0.05) is 12.5 Å². The van der Waals surface area contributed by atoms with Crippen molar-refractivity contribution in [3.8, 4) is 0 Å². The van der Waals surface area contributed by atoms with E-state index >= 15 is 0 Å². The van der Waals surface area contributed by atoms with Gasteiger partial charge in [0.1, 0.15) is 5.76 Å². The Hall–Kier alpha value is -1.84. The summed E-state index contributed by atoms with van der Waals surface area (Å²) in [4.78, 5) is 23.3. The summed E-state index contributed by atoms with van der Waals surface area (Å²) in [7, 11) is 0. The number of ether oxygens (including phenoxy) is 1. The van der Waals surface area contributed by atoms with E-state index in [0.29, 0.717) is 24.5 Å². The average Bonchev–Trinajstić information content (AvgIpc) is 3.08. The molecule has 0 unspecified atom stereocenters. The number of hydrogen-bond acceptors (Lipinski definition) is 4. The molecule has 25 heavy (non-hydrogen) atoms. The van der Waals surface area contributed by atoms with Crippen LogP contribution < -0.4 is 0 Å². The van der Waals surface area contributed by atoms with E-state index in [9.17, 15) is 9.59 Å². The molecule has 0 aliphatic carbocycles. The molecule has 0 aliphatic heterocycles. The lowest BCUT2D eigenvalue weighted by molar-refractivity contribution is -0.137. The molecule has 140 valence electrons. The maximum absolute atomic E-state index is 12.1. The van der Waals surface area contributed by atoms with E-state index in [4.69, 9.17) is 9.15 Å². The first-order valence-corrected chi connectivity index (χ1v) is 9.65. The second-order valence-electron chi connectivity index (χ2n) is 6.29. The second-order valence-corrected chi connectivity index (χ2v) is 6.29. The van der Waals surface area contributed by atoms with Crippen molar-refractivity contribution in [2.45, 2.75) is 78.1 Å². The zero-order valence-electron chi connectivity index (χ0n) is 15.7. The molecule has 1 heterocycles. The molecule has 0 aromatic carbocycles. The van der Waals surface area contributed by atoms with Gasteiger partial charge >= 0.3 is 5.97 Å². The summed E-state index contributed by atoms with van der Waals surface area (Å²) in [6.45, 7) is 4.32. The number of carbonyl (C=O) groups is 2. The van der Waals surface area contributed by atoms with E-state index in [2.05, 4.69) is 6.92 Å². The third kappa shape index (κ3) is 9.90. The number of furan rings is 1. The van der Waals surface area contributed by atoms with Gasteiger partial charge in [-0.15, -0.1) is 0 Å². The summed E-state index contributed by atoms with van der Waals surface area (Å²) >= 11 is 0.